The summed E-state index contributed by atoms with van der Waals surface area (Å²) >= 11 is 0. The average Bonchev–Trinajstić information content (AvgIpc) is 3.09. The molecular weight excluding hydrogens is 352 g/mol. The van der Waals surface area contributed by atoms with E-state index < -0.39 is 10.0 Å². The van der Waals surface area contributed by atoms with Crippen LogP contribution in [0.2, 0.25) is 0 Å². The lowest BCUT2D eigenvalue weighted by Crippen LogP contribution is -2.42. The number of aromatic nitrogens is 2. The second kappa shape index (κ2) is 7.59. The molecule has 1 aromatic heterocycles. The van der Waals surface area contributed by atoms with Gasteiger partial charge in [-0.3, -0.25) is 4.79 Å². The van der Waals surface area contributed by atoms with Gasteiger partial charge in [-0.15, -0.1) is 0 Å². The van der Waals surface area contributed by atoms with E-state index in [4.69, 9.17) is 0 Å². The van der Waals surface area contributed by atoms with Gasteiger partial charge in [0.2, 0.25) is 15.9 Å². The zero-order valence-electron chi connectivity index (χ0n) is 15.1. The lowest BCUT2D eigenvalue weighted by Gasteiger charge is -2.31. The fourth-order valence-corrected chi connectivity index (χ4v) is 4.14. The van der Waals surface area contributed by atoms with Gasteiger partial charge >= 0.3 is 0 Å². The Kier molecular flexibility index (Phi) is 5.43. The third-order valence-corrected chi connectivity index (χ3v) is 6.03. The van der Waals surface area contributed by atoms with Crippen LogP contribution in [-0.4, -0.2) is 59.7 Å². The molecule has 8 heteroatoms. The zero-order valence-corrected chi connectivity index (χ0v) is 15.9. The number of piperidine rings is 1. The molecule has 140 valence electrons. The molecule has 0 saturated carbocycles. The monoisotopic (exact) mass is 376 g/mol. The van der Waals surface area contributed by atoms with E-state index in [9.17, 15) is 13.2 Å². The van der Waals surface area contributed by atoms with Crippen molar-refractivity contribution in [1.29, 1.82) is 0 Å². The van der Waals surface area contributed by atoms with Crippen LogP contribution in [0.3, 0.4) is 0 Å². The zero-order chi connectivity index (χ0) is 18.7. The van der Waals surface area contributed by atoms with E-state index in [1.165, 1.54) is 10.6 Å². The van der Waals surface area contributed by atoms with Crippen LogP contribution in [0.15, 0.2) is 42.7 Å². The van der Waals surface area contributed by atoms with Gasteiger partial charge in [0.15, 0.2) is 0 Å². The fourth-order valence-electron chi connectivity index (χ4n) is 3.26. The summed E-state index contributed by atoms with van der Waals surface area (Å²) in [6.45, 7) is 1.31. The van der Waals surface area contributed by atoms with Gasteiger partial charge in [-0.05, 0) is 25.0 Å². The number of rotatable bonds is 5. The Labute approximate surface area is 154 Å². The maximum Gasteiger partial charge on any atom is 0.225 e. The third kappa shape index (κ3) is 4.31. The van der Waals surface area contributed by atoms with Gasteiger partial charge in [0.05, 0.1) is 18.1 Å². The molecule has 0 atom stereocenters. The Hall–Kier alpha value is -2.19. The number of nitrogens with zero attached hydrogens (tertiary/aromatic N) is 4. The van der Waals surface area contributed by atoms with Gasteiger partial charge in [-0.1, -0.05) is 18.2 Å². The van der Waals surface area contributed by atoms with Crippen LogP contribution in [0.5, 0.6) is 0 Å². The first-order valence-corrected chi connectivity index (χ1v) is 10.5. The molecule has 0 aliphatic carbocycles. The van der Waals surface area contributed by atoms with Crippen LogP contribution in [-0.2, 0) is 21.4 Å². The number of carbonyl (C=O) groups is 1. The number of hydrogen-bond donors (Lipinski definition) is 0. The number of carbonyl (C=O) groups excluding carboxylic acids is 1. The number of hydrogen-bond acceptors (Lipinski definition) is 4. The summed E-state index contributed by atoms with van der Waals surface area (Å²) in [6.07, 6.45) is 6.04. The molecule has 0 radical (unpaired) electrons. The smallest absolute Gasteiger partial charge is 0.225 e. The average molecular weight is 376 g/mol. The largest absolute Gasteiger partial charge is 0.341 e. The quantitative estimate of drug-likeness (QED) is 0.793. The molecular formula is C18H24N4O3S. The maximum absolute atomic E-state index is 12.7. The molecule has 1 amide bonds. The van der Waals surface area contributed by atoms with Crippen molar-refractivity contribution in [3.8, 4) is 5.69 Å². The van der Waals surface area contributed by atoms with Gasteiger partial charge in [0, 0.05) is 44.4 Å². The van der Waals surface area contributed by atoms with Crippen LogP contribution >= 0.6 is 0 Å². The lowest BCUT2D eigenvalue weighted by atomic mass is 9.96. The van der Waals surface area contributed by atoms with Gasteiger partial charge < -0.3 is 4.90 Å². The predicted molar refractivity (Wildman–Crippen MR) is 99.2 cm³/mol. The van der Waals surface area contributed by atoms with Crippen molar-refractivity contribution in [2.45, 2.75) is 19.4 Å². The second-order valence-electron chi connectivity index (χ2n) is 6.76. The minimum Gasteiger partial charge on any atom is -0.341 e. The molecule has 1 aliphatic heterocycles. The molecule has 0 N–H and O–H groups in total. The fraction of sp³-hybridized carbons (Fsp3) is 0.444. The minimum atomic E-state index is -3.17. The molecule has 7 nitrogen and oxygen atoms in total. The summed E-state index contributed by atoms with van der Waals surface area (Å²) in [5.41, 5.74) is 1.93. The summed E-state index contributed by atoms with van der Waals surface area (Å²) in [6, 6.07) is 9.81. The van der Waals surface area contributed by atoms with Gasteiger partial charge in [-0.25, -0.2) is 17.4 Å². The first-order chi connectivity index (χ1) is 12.3. The van der Waals surface area contributed by atoms with Crippen molar-refractivity contribution >= 4 is 15.9 Å². The molecule has 0 spiro atoms. The highest BCUT2D eigenvalue weighted by Crippen LogP contribution is 2.21. The summed E-state index contributed by atoms with van der Waals surface area (Å²) in [5.74, 6) is -0.0622. The number of para-hydroxylation sites is 1. The summed E-state index contributed by atoms with van der Waals surface area (Å²) in [4.78, 5) is 14.4. The van der Waals surface area contributed by atoms with Crippen LogP contribution < -0.4 is 0 Å². The van der Waals surface area contributed by atoms with Crippen molar-refractivity contribution in [3.63, 3.8) is 0 Å². The van der Waals surface area contributed by atoms with Gasteiger partial charge in [0.1, 0.15) is 0 Å². The summed E-state index contributed by atoms with van der Waals surface area (Å²) in [7, 11) is -1.39. The van der Waals surface area contributed by atoms with Crippen molar-refractivity contribution in [2.24, 2.45) is 5.92 Å². The molecule has 2 aromatic rings. The van der Waals surface area contributed by atoms with Gasteiger partial charge in [-0.2, -0.15) is 5.10 Å². The third-order valence-electron chi connectivity index (χ3n) is 4.72. The van der Waals surface area contributed by atoms with E-state index in [2.05, 4.69) is 5.10 Å². The Morgan fingerprint density at radius 2 is 1.88 bits per heavy atom. The van der Waals surface area contributed by atoms with E-state index in [1.807, 2.05) is 36.5 Å². The normalized spacial score (nSPS) is 16.5. The SMILES string of the molecule is CN(Cc1cnn(-c2ccccc2)c1)C(=O)C1CCN(S(C)(=O)=O)CC1. The topological polar surface area (TPSA) is 75.5 Å². The Bertz CT molecular complexity index is 856. The highest BCUT2D eigenvalue weighted by molar-refractivity contribution is 7.88. The molecule has 1 fully saturated rings. The number of amides is 1. The first kappa shape index (κ1) is 18.6. The number of benzene rings is 1. The van der Waals surface area contributed by atoms with Crippen molar-refractivity contribution in [2.75, 3.05) is 26.4 Å². The highest BCUT2D eigenvalue weighted by atomic mass is 32.2. The molecule has 1 aromatic carbocycles. The van der Waals surface area contributed by atoms with Crippen LogP contribution in [0.1, 0.15) is 18.4 Å². The Morgan fingerprint density at radius 3 is 2.50 bits per heavy atom. The van der Waals surface area contributed by atoms with Crippen molar-refractivity contribution < 1.29 is 13.2 Å². The second-order valence-corrected chi connectivity index (χ2v) is 8.74. The minimum absolute atomic E-state index is 0.0608. The van der Waals surface area contributed by atoms with E-state index in [1.54, 1.807) is 22.8 Å². The molecule has 1 saturated heterocycles. The van der Waals surface area contributed by atoms with Gasteiger partial charge in [0.25, 0.3) is 0 Å². The van der Waals surface area contributed by atoms with E-state index >= 15 is 0 Å². The standard InChI is InChI=1S/C18H24N4O3S/c1-20(18(23)16-8-10-21(11-9-16)26(2,24)25)13-15-12-19-22(14-15)17-6-4-3-5-7-17/h3-7,12,14,16H,8-11,13H2,1-2H3. The maximum atomic E-state index is 12.7. The molecule has 1 aliphatic rings. The van der Waals surface area contributed by atoms with Crippen molar-refractivity contribution in [3.05, 3.63) is 48.3 Å². The molecule has 0 unspecified atom stereocenters. The predicted octanol–water partition coefficient (Wildman–Crippen LogP) is 1.50. The summed E-state index contributed by atoms with van der Waals surface area (Å²) < 4.78 is 26.4. The molecule has 0 bridgehead atoms. The number of sulfonamides is 1. The van der Waals surface area contributed by atoms with E-state index in [0.29, 0.717) is 32.5 Å². The molecule has 26 heavy (non-hydrogen) atoms. The van der Waals surface area contributed by atoms with E-state index in [-0.39, 0.29) is 11.8 Å². The Morgan fingerprint density at radius 1 is 1.23 bits per heavy atom. The lowest BCUT2D eigenvalue weighted by molar-refractivity contribution is -0.135. The van der Waals surface area contributed by atoms with Crippen LogP contribution in [0.25, 0.3) is 5.69 Å². The molecule has 3 rings (SSSR count). The van der Waals surface area contributed by atoms with Crippen LogP contribution in [0.4, 0.5) is 0 Å². The van der Waals surface area contributed by atoms with Crippen LogP contribution in [0, 0.1) is 5.92 Å². The summed E-state index contributed by atoms with van der Waals surface area (Å²) in [5, 5.41) is 4.35. The highest BCUT2D eigenvalue weighted by Gasteiger charge is 2.30. The first-order valence-electron chi connectivity index (χ1n) is 8.63. The Balaban J connectivity index is 1.58. The van der Waals surface area contributed by atoms with Crippen molar-refractivity contribution in [1.82, 2.24) is 19.0 Å². The van der Waals surface area contributed by atoms with E-state index in [0.717, 1.165) is 11.3 Å². The molecule has 2 heterocycles.